The lowest BCUT2D eigenvalue weighted by atomic mass is 10.2. The van der Waals surface area contributed by atoms with Gasteiger partial charge in [0.2, 0.25) is 5.91 Å². The van der Waals surface area contributed by atoms with Crippen LogP contribution >= 0.6 is 0 Å². The standard InChI is InChI=1S/C23H33N3O5/c1-23(2,3)31-22(28)16-26(14-13-25(4)5)21(27)12-11-20-24-15-19(30-20)17-7-9-18(29-6)10-8-17/h7-10,15H,11-14,16H2,1-6H3. The van der Waals surface area contributed by atoms with Crippen LogP contribution in [0.3, 0.4) is 0 Å². The molecule has 0 saturated carbocycles. The fraction of sp³-hybridized carbons (Fsp3) is 0.522. The average Bonchev–Trinajstić information content (AvgIpc) is 3.17. The Bertz CT molecular complexity index is 853. The van der Waals surface area contributed by atoms with Crippen LogP contribution < -0.4 is 4.74 Å². The Morgan fingerprint density at radius 3 is 2.35 bits per heavy atom. The van der Waals surface area contributed by atoms with Crippen molar-refractivity contribution in [3.05, 3.63) is 36.4 Å². The number of esters is 1. The third-order valence-electron chi connectivity index (χ3n) is 4.39. The number of hydrogen-bond acceptors (Lipinski definition) is 7. The van der Waals surface area contributed by atoms with Crippen molar-refractivity contribution in [2.75, 3.05) is 40.8 Å². The summed E-state index contributed by atoms with van der Waals surface area (Å²) in [5.41, 5.74) is 0.284. The minimum absolute atomic E-state index is 0.0768. The van der Waals surface area contributed by atoms with Crippen molar-refractivity contribution in [2.45, 2.75) is 39.2 Å². The van der Waals surface area contributed by atoms with Crippen molar-refractivity contribution in [2.24, 2.45) is 0 Å². The van der Waals surface area contributed by atoms with Gasteiger partial charge in [-0.2, -0.15) is 0 Å². The first kappa shape index (κ1) is 24.4. The molecule has 2 aromatic rings. The molecule has 0 saturated heterocycles. The van der Waals surface area contributed by atoms with Gasteiger partial charge in [0.1, 0.15) is 17.9 Å². The monoisotopic (exact) mass is 431 g/mol. The Morgan fingerprint density at radius 1 is 1.10 bits per heavy atom. The molecule has 0 aliphatic heterocycles. The normalized spacial score (nSPS) is 11.5. The summed E-state index contributed by atoms with van der Waals surface area (Å²) in [4.78, 5) is 32.8. The van der Waals surface area contributed by atoms with Crippen LogP contribution in [0.2, 0.25) is 0 Å². The summed E-state index contributed by atoms with van der Waals surface area (Å²) < 4.78 is 16.3. The van der Waals surface area contributed by atoms with Crippen molar-refractivity contribution in [3.8, 4) is 17.1 Å². The van der Waals surface area contributed by atoms with E-state index in [9.17, 15) is 9.59 Å². The van der Waals surface area contributed by atoms with Crippen LogP contribution in [0.1, 0.15) is 33.1 Å². The molecule has 0 aliphatic rings. The topological polar surface area (TPSA) is 85.1 Å². The molecular weight excluding hydrogens is 398 g/mol. The average molecular weight is 432 g/mol. The summed E-state index contributed by atoms with van der Waals surface area (Å²) in [6.45, 7) is 6.43. The van der Waals surface area contributed by atoms with Gasteiger partial charge in [0.25, 0.3) is 0 Å². The third-order valence-corrected chi connectivity index (χ3v) is 4.39. The first-order valence-electron chi connectivity index (χ1n) is 10.3. The van der Waals surface area contributed by atoms with Gasteiger partial charge in [-0.05, 0) is 59.1 Å². The van der Waals surface area contributed by atoms with E-state index in [0.29, 0.717) is 31.2 Å². The lowest BCUT2D eigenvalue weighted by Crippen LogP contribution is -2.42. The van der Waals surface area contributed by atoms with E-state index in [0.717, 1.165) is 11.3 Å². The number of aryl methyl sites for hydroxylation is 1. The lowest BCUT2D eigenvalue weighted by Gasteiger charge is -2.26. The van der Waals surface area contributed by atoms with Gasteiger partial charge in [-0.3, -0.25) is 9.59 Å². The van der Waals surface area contributed by atoms with E-state index in [1.165, 1.54) is 4.90 Å². The third kappa shape index (κ3) is 8.41. The number of rotatable bonds is 10. The Hall–Kier alpha value is -2.87. The van der Waals surface area contributed by atoms with Crippen LogP contribution in [-0.2, 0) is 20.7 Å². The summed E-state index contributed by atoms with van der Waals surface area (Å²) in [5, 5.41) is 0. The van der Waals surface area contributed by atoms with Crippen LogP contribution in [0, 0.1) is 0 Å². The molecule has 1 aromatic carbocycles. The minimum Gasteiger partial charge on any atom is -0.497 e. The molecule has 1 heterocycles. The van der Waals surface area contributed by atoms with Crippen LogP contribution in [0.5, 0.6) is 5.75 Å². The second kappa shape index (κ2) is 10.9. The van der Waals surface area contributed by atoms with Gasteiger partial charge in [0.05, 0.1) is 13.3 Å². The molecule has 1 aromatic heterocycles. The van der Waals surface area contributed by atoms with Crippen molar-refractivity contribution in [3.63, 3.8) is 0 Å². The number of aromatic nitrogens is 1. The molecule has 2 rings (SSSR count). The largest absolute Gasteiger partial charge is 0.497 e. The fourth-order valence-electron chi connectivity index (χ4n) is 2.83. The summed E-state index contributed by atoms with van der Waals surface area (Å²) in [7, 11) is 5.45. The molecule has 0 aliphatic carbocycles. The van der Waals surface area contributed by atoms with E-state index in [2.05, 4.69) is 4.98 Å². The van der Waals surface area contributed by atoms with Crippen LogP contribution in [0.25, 0.3) is 11.3 Å². The van der Waals surface area contributed by atoms with Crippen LogP contribution in [-0.4, -0.2) is 73.1 Å². The fourth-order valence-corrected chi connectivity index (χ4v) is 2.83. The number of oxazole rings is 1. The van der Waals surface area contributed by atoms with E-state index in [-0.39, 0.29) is 18.9 Å². The zero-order chi connectivity index (χ0) is 23.0. The van der Waals surface area contributed by atoms with E-state index >= 15 is 0 Å². The second-order valence-electron chi connectivity index (χ2n) is 8.55. The maximum atomic E-state index is 12.8. The molecule has 0 fully saturated rings. The maximum Gasteiger partial charge on any atom is 0.326 e. The number of ether oxygens (including phenoxy) is 2. The van der Waals surface area contributed by atoms with Crippen molar-refractivity contribution in [1.82, 2.24) is 14.8 Å². The highest BCUT2D eigenvalue weighted by Crippen LogP contribution is 2.23. The molecule has 8 heteroatoms. The van der Waals surface area contributed by atoms with Gasteiger partial charge < -0.3 is 23.7 Å². The molecule has 31 heavy (non-hydrogen) atoms. The summed E-state index contributed by atoms with van der Waals surface area (Å²) in [6, 6.07) is 7.47. The number of amides is 1. The molecule has 0 bridgehead atoms. The predicted molar refractivity (Wildman–Crippen MR) is 118 cm³/mol. The van der Waals surface area contributed by atoms with Gasteiger partial charge >= 0.3 is 5.97 Å². The van der Waals surface area contributed by atoms with E-state index in [1.54, 1.807) is 34.1 Å². The number of hydrogen-bond donors (Lipinski definition) is 0. The maximum absolute atomic E-state index is 12.8. The Balaban J connectivity index is 1.97. The van der Waals surface area contributed by atoms with Crippen molar-refractivity contribution >= 4 is 11.9 Å². The molecule has 170 valence electrons. The molecule has 0 radical (unpaired) electrons. The number of nitrogens with zero attached hydrogens (tertiary/aromatic N) is 3. The number of benzene rings is 1. The molecule has 1 amide bonds. The number of likely N-dealkylation sites (N-methyl/N-ethyl adjacent to an activating group) is 1. The van der Waals surface area contributed by atoms with Gasteiger partial charge in [-0.15, -0.1) is 0 Å². The first-order chi connectivity index (χ1) is 14.6. The van der Waals surface area contributed by atoms with Crippen molar-refractivity contribution < 1.29 is 23.5 Å². The molecular formula is C23H33N3O5. The molecule has 8 nitrogen and oxygen atoms in total. The van der Waals surface area contributed by atoms with Gasteiger partial charge in [0.15, 0.2) is 11.7 Å². The highest BCUT2D eigenvalue weighted by atomic mass is 16.6. The molecule has 0 unspecified atom stereocenters. The zero-order valence-electron chi connectivity index (χ0n) is 19.3. The quantitative estimate of drug-likeness (QED) is 0.535. The number of carbonyl (C=O) groups is 2. The molecule has 0 atom stereocenters. The van der Waals surface area contributed by atoms with Gasteiger partial charge in [-0.1, -0.05) is 0 Å². The highest BCUT2D eigenvalue weighted by molar-refractivity contribution is 5.82. The van der Waals surface area contributed by atoms with E-state index in [4.69, 9.17) is 13.9 Å². The summed E-state index contributed by atoms with van der Waals surface area (Å²) in [5.74, 6) is 1.30. The second-order valence-corrected chi connectivity index (χ2v) is 8.55. The van der Waals surface area contributed by atoms with Crippen LogP contribution in [0.15, 0.2) is 34.9 Å². The molecule has 0 N–H and O–H groups in total. The zero-order valence-corrected chi connectivity index (χ0v) is 19.3. The predicted octanol–water partition coefficient (Wildman–Crippen LogP) is 3.01. The van der Waals surface area contributed by atoms with Gasteiger partial charge in [0, 0.05) is 31.5 Å². The number of carbonyl (C=O) groups excluding carboxylic acids is 2. The van der Waals surface area contributed by atoms with E-state index < -0.39 is 11.6 Å². The van der Waals surface area contributed by atoms with Crippen LogP contribution in [0.4, 0.5) is 0 Å². The molecule has 0 spiro atoms. The smallest absolute Gasteiger partial charge is 0.326 e. The first-order valence-corrected chi connectivity index (χ1v) is 10.3. The Labute approximate surface area is 184 Å². The Morgan fingerprint density at radius 2 is 1.77 bits per heavy atom. The summed E-state index contributed by atoms with van der Waals surface area (Å²) in [6.07, 6.45) is 2.19. The summed E-state index contributed by atoms with van der Waals surface area (Å²) >= 11 is 0. The van der Waals surface area contributed by atoms with E-state index in [1.807, 2.05) is 43.3 Å². The van der Waals surface area contributed by atoms with Gasteiger partial charge in [-0.25, -0.2) is 4.98 Å². The highest BCUT2D eigenvalue weighted by Gasteiger charge is 2.22. The number of methoxy groups -OCH3 is 1. The SMILES string of the molecule is COc1ccc(-c2cnc(CCC(=O)N(CCN(C)C)CC(=O)OC(C)(C)C)o2)cc1. The minimum atomic E-state index is -0.594. The van der Waals surface area contributed by atoms with Crippen molar-refractivity contribution in [1.29, 1.82) is 0 Å². The Kier molecular flexibility index (Phi) is 8.62. The lowest BCUT2D eigenvalue weighted by molar-refractivity contribution is -0.159.